The Morgan fingerprint density at radius 2 is 2.16 bits per heavy atom. The summed E-state index contributed by atoms with van der Waals surface area (Å²) in [6.45, 7) is 0. The maximum absolute atomic E-state index is 11.9. The van der Waals surface area contributed by atoms with Gasteiger partial charge in [0.2, 0.25) is 0 Å². The van der Waals surface area contributed by atoms with Crippen molar-refractivity contribution in [3.8, 4) is 0 Å². The van der Waals surface area contributed by atoms with E-state index in [0.29, 0.717) is 26.8 Å². The molecular weight excluding hydrogens is 262 g/mol. The summed E-state index contributed by atoms with van der Waals surface area (Å²) in [5.41, 5.74) is 6.58. The number of hydrogen-bond acceptors (Lipinski definition) is 6. The number of hydrogen-bond donors (Lipinski definition) is 2. The first kappa shape index (κ1) is 11.7. The van der Waals surface area contributed by atoms with E-state index in [1.54, 1.807) is 30.5 Å². The molecule has 6 nitrogen and oxygen atoms in total. The van der Waals surface area contributed by atoms with Gasteiger partial charge in [-0.1, -0.05) is 0 Å². The predicted octanol–water partition coefficient (Wildman–Crippen LogP) is 1.45. The summed E-state index contributed by atoms with van der Waals surface area (Å²) in [5.74, 6) is 0. The van der Waals surface area contributed by atoms with Gasteiger partial charge in [-0.25, -0.2) is 15.0 Å². The molecule has 0 aliphatic carbocycles. The molecule has 3 N–H and O–H groups in total. The lowest BCUT2D eigenvalue weighted by molar-refractivity contribution is 0.962. The van der Waals surface area contributed by atoms with Gasteiger partial charge in [-0.2, -0.15) is 0 Å². The van der Waals surface area contributed by atoms with Crippen LogP contribution in [0.25, 0.3) is 10.9 Å². The van der Waals surface area contributed by atoms with Crippen molar-refractivity contribution in [3.05, 3.63) is 47.1 Å². The molecule has 0 fully saturated rings. The molecule has 1 aromatic carbocycles. The molecule has 0 radical (unpaired) electrons. The third-order valence-electron chi connectivity index (χ3n) is 2.46. The van der Waals surface area contributed by atoms with Gasteiger partial charge in [0.25, 0.3) is 5.56 Å². The standard InChI is InChI=1S/C12H9N5OS/c13-7-1-2-9-8(5-7)11(18)17-12(16-9)19-10-3-4-14-6-15-10/h1-6H,13H2,(H,16,17,18). The van der Waals surface area contributed by atoms with Crippen LogP contribution in [0.15, 0.2) is 51.8 Å². The summed E-state index contributed by atoms with van der Waals surface area (Å²) < 4.78 is 0. The molecule has 3 aromatic rings. The van der Waals surface area contributed by atoms with Crippen molar-refractivity contribution in [2.24, 2.45) is 0 Å². The molecule has 0 atom stereocenters. The van der Waals surface area contributed by atoms with Crippen molar-refractivity contribution in [1.82, 2.24) is 19.9 Å². The average Bonchev–Trinajstić information content (AvgIpc) is 2.41. The lowest BCUT2D eigenvalue weighted by Crippen LogP contribution is -2.09. The van der Waals surface area contributed by atoms with Crippen LogP contribution < -0.4 is 11.3 Å². The molecule has 19 heavy (non-hydrogen) atoms. The summed E-state index contributed by atoms with van der Waals surface area (Å²) in [6, 6.07) is 6.80. The fraction of sp³-hybridized carbons (Fsp3) is 0. The Morgan fingerprint density at radius 1 is 1.26 bits per heavy atom. The van der Waals surface area contributed by atoms with Crippen molar-refractivity contribution in [2.45, 2.75) is 10.2 Å². The fourth-order valence-corrected chi connectivity index (χ4v) is 2.34. The van der Waals surface area contributed by atoms with Crippen LogP contribution in [0.1, 0.15) is 0 Å². The monoisotopic (exact) mass is 271 g/mol. The highest BCUT2D eigenvalue weighted by molar-refractivity contribution is 7.99. The highest BCUT2D eigenvalue weighted by Crippen LogP contribution is 2.22. The normalized spacial score (nSPS) is 10.7. The average molecular weight is 271 g/mol. The first-order chi connectivity index (χ1) is 9.22. The molecule has 0 saturated heterocycles. The molecular formula is C12H9N5OS. The van der Waals surface area contributed by atoms with Gasteiger partial charge in [0.05, 0.1) is 10.9 Å². The topological polar surface area (TPSA) is 97.5 Å². The van der Waals surface area contributed by atoms with Gasteiger partial charge in [-0.15, -0.1) is 0 Å². The minimum atomic E-state index is -0.214. The van der Waals surface area contributed by atoms with Crippen molar-refractivity contribution in [1.29, 1.82) is 0 Å². The quantitative estimate of drug-likeness (QED) is 0.416. The van der Waals surface area contributed by atoms with Crippen LogP contribution >= 0.6 is 11.8 Å². The zero-order chi connectivity index (χ0) is 13.2. The summed E-state index contributed by atoms with van der Waals surface area (Å²) in [5, 5.41) is 1.68. The number of benzene rings is 1. The van der Waals surface area contributed by atoms with Gasteiger partial charge in [0.1, 0.15) is 11.4 Å². The highest BCUT2D eigenvalue weighted by Gasteiger charge is 2.06. The minimum absolute atomic E-state index is 0.214. The van der Waals surface area contributed by atoms with Gasteiger partial charge in [0, 0.05) is 11.9 Å². The molecule has 2 heterocycles. The van der Waals surface area contributed by atoms with Gasteiger partial charge in [-0.05, 0) is 36.0 Å². The Balaban J connectivity index is 2.07. The van der Waals surface area contributed by atoms with E-state index < -0.39 is 0 Å². The molecule has 0 aliphatic rings. The molecule has 0 aliphatic heterocycles. The highest BCUT2D eigenvalue weighted by atomic mass is 32.2. The van der Waals surface area contributed by atoms with Crippen LogP contribution in [0.5, 0.6) is 0 Å². The summed E-state index contributed by atoms with van der Waals surface area (Å²) in [7, 11) is 0. The predicted molar refractivity (Wildman–Crippen MR) is 72.9 cm³/mol. The number of anilines is 1. The van der Waals surface area contributed by atoms with Crippen LogP contribution in [-0.2, 0) is 0 Å². The van der Waals surface area contributed by atoms with Crippen LogP contribution in [-0.4, -0.2) is 19.9 Å². The molecule has 0 amide bonds. The van der Waals surface area contributed by atoms with Gasteiger partial charge in [0.15, 0.2) is 5.16 Å². The van der Waals surface area contributed by atoms with Crippen LogP contribution in [0.3, 0.4) is 0 Å². The Morgan fingerprint density at radius 3 is 2.95 bits per heavy atom. The minimum Gasteiger partial charge on any atom is -0.399 e. The van der Waals surface area contributed by atoms with E-state index in [9.17, 15) is 4.79 Å². The van der Waals surface area contributed by atoms with Crippen molar-refractivity contribution in [3.63, 3.8) is 0 Å². The number of aromatic amines is 1. The van der Waals surface area contributed by atoms with E-state index >= 15 is 0 Å². The summed E-state index contributed by atoms with van der Waals surface area (Å²) in [4.78, 5) is 26.9. The maximum atomic E-state index is 11.9. The van der Waals surface area contributed by atoms with Crippen LogP contribution in [0.2, 0.25) is 0 Å². The smallest absolute Gasteiger partial charge is 0.259 e. The Labute approximate surface area is 112 Å². The number of H-pyrrole nitrogens is 1. The van der Waals surface area contributed by atoms with E-state index in [4.69, 9.17) is 5.73 Å². The zero-order valence-corrected chi connectivity index (χ0v) is 10.5. The molecule has 0 spiro atoms. The third-order valence-corrected chi connectivity index (χ3v) is 3.30. The number of aromatic nitrogens is 4. The fourth-order valence-electron chi connectivity index (χ4n) is 1.62. The van der Waals surface area contributed by atoms with Crippen molar-refractivity contribution < 1.29 is 0 Å². The Bertz CT molecular complexity index is 787. The number of nitrogens with one attached hydrogen (secondary N) is 1. The van der Waals surface area contributed by atoms with Crippen LogP contribution in [0, 0.1) is 0 Å². The van der Waals surface area contributed by atoms with Crippen LogP contribution in [0.4, 0.5) is 5.69 Å². The number of nitrogens with two attached hydrogens (primary N) is 1. The molecule has 7 heteroatoms. The summed E-state index contributed by atoms with van der Waals surface area (Å²) >= 11 is 1.27. The Kier molecular flexibility index (Phi) is 2.88. The van der Waals surface area contributed by atoms with E-state index in [2.05, 4.69) is 19.9 Å². The maximum Gasteiger partial charge on any atom is 0.259 e. The summed E-state index contributed by atoms with van der Waals surface area (Å²) in [6.07, 6.45) is 3.08. The SMILES string of the molecule is Nc1ccc2nc(Sc3ccncn3)[nH]c(=O)c2c1. The van der Waals surface area contributed by atoms with E-state index in [0.717, 1.165) is 0 Å². The van der Waals surface area contributed by atoms with E-state index in [1.165, 1.54) is 18.1 Å². The molecule has 0 unspecified atom stereocenters. The second-order valence-electron chi connectivity index (χ2n) is 3.80. The molecule has 2 aromatic heterocycles. The van der Waals surface area contributed by atoms with Gasteiger partial charge in [-0.3, -0.25) is 4.79 Å². The van der Waals surface area contributed by atoms with E-state index in [1.807, 2.05) is 0 Å². The largest absolute Gasteiger partial charge is 0.399 e. The van der Waals surface area contributed by atoms with Crippen molar-refractivity contribution >= 4 is 28.4 Å². The Hall–Kier alpha value is -2.41. The number of nitrogens with zero attached hydrogens (tertiary/aromatic N) is 3. The molecule has 0 bridgehead atoms. The zero-order valence-electron chi connectivity index (χ0n) is 9.70. The first-order valence-corrected chi connectivity index (χ1v) is 6.27. The lowest BCUT2D eigenvalue weighted by Gasteiger charge is -2.02. The first-order valence-electron chi connectivity index (χ1n) is 5.46. The van der Waals surface area contributed by atoms with Gasteiger partial charge < -0.3 is 10.7 Å². The lowest BCUT2D eigenvalue weighted by atomic mass is 10.2. The third kappa shape index (κ3) is 2.41. The number of nitrogen functional groups attached to an aromatic ring is 1. The second-order valence-corrected chi connectivity index (χ2v) is 4.81. The number of fused-ring (bicyclic) bond motifs is 1. The van der Waals surface area contributed by atoms with Gasteiger partial charge >= 0.3 is 0 Å². The molecule has 94 valence electrons. The molecule has 3 rings (SSSR count). The number of rotatable bonds is 2. The molecule has 0 saturated carbocycles. The second kappa shape index (κ2) is 4.69. The van der Waals surface area contributed by atoms with Crippen molar-refractivity contribution in [2.75, 3.05) is 5.73 Å². The van der Waals surface area contributed by atoms with E-state index in [-0.39, 0.29) is 5.56 Å².